The van der Waals surface area contributed by atoms with E-state index in [9.17, 15) is 17.6 Å². The fourth-order valence-corrected chi connectivity index (χ4v) is 3.24. The van der Waals surface area contributed by atoms with E-state index in [2.05, 4.69) is 5.32 Å². The van der Waals surface area contributed by atoms with Crippen LogP contribution in [0.15, 0.2) is 18.2 Å². The SMILES string of the molecule is Cl.Fc1cccc(C(F)(F)F)c1[C@H](CC1CC1)N1CCNCC1. The van der Waals surface area contributed by atoms with Crippen molar-refractivity contribution < 1.29 is 17.6 Å². The molecule has 1 heterocycles. The van der Waals surface area contributed by atoms with Crippen molar-refractivity contribution in [1.29, 1.82) is 0 Å². The lowest BCUT2D eigenvalue weighted by Crippen LogP contribution is -2.45. The van der Waals surface area contributed by atoms with Crippen LogP contribution in [0.5, 0.6) is 0 Å². The Labute approximate surface area is 139 Å². The van der Waals surface area contributed by atoms with E-state index in [-0.39, 0.29) is 18.0 Å². The molecule has 130 valence electrons. The van der Waals surface area contributed by atoms with E-state index in [0.29, 0.717) is 25.4 Å². The highest BCUT2D eigenvalue weighted by molar-refractivity contribution is 5.85. The summed E-state index contributed by atoms with van der Waals surface area (Å²) in [5.74, 6) is -0.306. The topological polar surface area (TPSA) is 15.3 Å². The van der Waals surface area contributed by atoms with Gasteiger partial charge in [-0.05, 0) is 24.5 Å². The Bertz CT molecular complexity index is 525. The van der Waals surface area contributed by atoms with Crippen molar-refractivity contribution in [3.05, 3.63) is 35.1 Å². The summed E-state index contributed by atoms with van der Waals surface area (Å²) >= 11 is 0. The number of hydrogen-bond acceptors (Lipinski definition) is 2. The van der Waals surface area contributed by atoms with Crippen molar-refractivity contribution in [3.63, 3.8) is 0 Å². The molecule has 0 unspecified atom stereocenters. The first kappa shape index (κ1) is 18.5. The van der Waals surface area contributed by atoms with E-state index in [4.69, 9.17) is 0 Å². The number of alkyl halides is 3. The van der Waals surface area contributed by atoms with Gasteiger partial charge in [0, 0.05) is 37.8 Å². The van der Waals surface area contributed by atoms with Crippen LogP contribution >= 0.6 is 12.4 Å². The lowest BCUT2D eigenvalue weighted by molar-refractivity contribution is -0.139. The number of benzene rings is 1. The van der Waals surface area contributed by atoms with Crippen molar-refractivity contribution in [3.8, 4) is 0 Å². The molecule has 2 fully saturated rings. The lowest BCUT2D eigenvalue weighted by atomic mass is 9.93. The predicted octanol–water partition coefficient (Wildman–Crippen LogP) is 4.01. The monoisotopic (exact) mass is 352 g/mol. The van der Waals surface area contributed by atoms with Crippen LogP contribution in [0.4, 0.5) is 17.6 Å². The third-order valence-electron chi connectivity index (χ3n) is 4.54. The number of nitrogens with one attached hydrogen (secondary N) is 1. The van der Waals surface area contributed by atoms with Crippen molar-refractivity contribution >= 4 is 12.4 Å². The first-order valence-corrected chi connectivity index (χ1v) is 7.77. The van der Waals surface area contributed by atoms with Crippen LogP contribution in [-0.4, -0.2) is 31.1 Å². The molecule has 1 aliphatic heterocycles. The average Bonchev–Trinajstić information content (AvgIpc) is 3.29. The molecule has 1 atom stereocenters. The van der Waals surface area contributed by atoms with Gasteiger partial charge in [-0.15, -0.1) is 12.4 Å². The van der Waals surface area contributed by atoms with Gasteiger partial charge < -0.3 is 5.32 Å². The standard InChI is InChI=1S/C16H20F4N2.ClH/c17-13-3-1-2-12(16(18,19)20)15(13)14(10-11-4-5-11)22-8-6-21-7-9-22;/h1-3,11,14,21H,4-10H2;1H/t14-;/m0./s1. The van der Waals surface area contributed by atoms with Crippen LogP contribution in [0.1, 0.15) is 36.4 Å². The van der Waals surface area contributed by atoms with E-state index >= 15 is 0 Å². The molecule has 0 radical (unpaired) electrons. The molecule has 0 amide bonds. The molecule has 23 heavy (non-hydrogen) atoms. The summed E-state index contributed by atoms with van der Waals surface area (Å²) in [6, 6.07) is 2.81. The molecule has 3 rings (SSSR count). The maximum Gasteiger partial charge on any atom is 0.416 e. The summed E-state index contributed by atoms with van der Waals surface area (Å²) in [6.07, 6.45) is -1.83. The van der Waals surface area contributed by atoms with Crippen LogP contribution in [0, 0.1) is 11.7 Å². The van der Waals surface area contributed by atoms with Crippen LogP contribution in [0.2, 0.25) is 0 Å². The minimum atomic E-state index is -4.52. The smallest absolute Gasteiger partial charge is 0.314 e. The molecule has 7 heteroatoms. The molecular formula is C16H21ClF4N2. The van der Waals surface area contributed by atoms with Gasteiger partial charge >= 0.3 is 6.18 Å². The maximum absolute atomic E-state index is 14.3. The van der Waals surface area contributed by atoms with Gasteiger partial charge in [0.15, 0.2) is 0 Å². The molecule has 2 aliphatic rings. The van der Waals surface area contributed by atoms with Crippen LogP contribution < -0.4 is 5.32 Å². The highest BCUT2D eigenvalue weighted by Crippen LogP contribution is 2.44. The van der Waals surface area contributed by atoms with Gasteiger partial charge in [-0.25, -0.2) is 4.39 Å². The second-order valence-electron chi connectivity index (χ2n) is 6.18. The molecule has 0 bridgehead atoms. The largest absolute Gasteiger partial charge is 0.416 e. The number of halogens is 5. The Hall–Kier alpha value is -0.850. The summed E-state index contributed by atoms with van der Waals surface area (Å²) in [4.78, 5) is 2.00. The summed E-state index contributed by atoms with van der Waals surface area (Å²) in [5, 5.41) is 3.19. The minimum Gasteiger partial charge on any atom is -0.314 e. The van der Waals surface area contributed by atoms with Gasteiger partial charge in [0.1, 0.15) is 5.82 Å². The second kappa shape index (κ2) is 7.36. The van der Waals surface area contributed by atoms with Gasteiger partial charge in [-0.2, -0.15) is 13.2 Å². The van der Waals surface area contributed by atoms with Gasteiger partial charge in [0.25, 0.3) is 0 Å². The van der Waals surface area contributed by atoms with Crippen molar-refractivity contribution in [2.45, 2.75) is 31.5 Å². The summed E-state index contributed by atoms with van der Waals surface area (Å²) < 4.78 is 54.2. The van der Waals surface area contributed by atoms with E-state index < -0.39 is 23.6 Å². The Kier molecular flexibility index (Phi) is 5.92. The normalized spacial score (nSPS) is 20.9. The molecule has 1 aromatic rings. The highest BCUT2D eigenvalue weighted by Gasteiger charge is 2.40. The fourth-order valence-electron chi connectivity index (χ4n) is 3.24. The number of piperazine rings is 1. The van der Waals surface area contributed by atoms with E-state index in [0.717, 1.165) is 44.1 Å². The summed E-state index contributed by atoms with van der Waals surface area (Å²) in [7, 11) is 0. The van der Waals surface area contributed by atoms with Gasteiger partial charge in [0.05, 0.1) is 5.56 Å². The maximum atomic E-state index is 14.3. The Morgan fingerprint density at radius 1 is 1.17 bits per heavy atom. The first-order chi connectivity index (χ1) is 10.5. The molecule has 1 aromatic carbocycles. The number of hydrogen-bond donors (Lipinski definition) is 1. The van der Waals surface area contributed by atoms with E-state index in [1.165, 1.54) is 0 Å². The molecule has 2 nitrogen and oxygen atoms in total. The highest BCUT2D eigenvalue weighted by atomic mass is 35.5. The molecule has 1 aliphatic carbocycles. The van der Waals surface area contributed by atoms with Gasteiger partial charge in [-0.3, -0.25) is 4.90 Å². The zero-order valence-corrected chi connectivity index (χ0v) is 13.5. The van der Waals surface area contributed by atoms with Crippen LogP contribution in [-0.2, 0) is 6.18 Å². The van der Waals surface area contributed by atoms with Crippen LogP contribution in [0.25, 0.3) is 0 Å². The van der Waals surface area contributed by atoms with Crippen molar-refractivity contribution in [2.75, 3.05) is 26.2 Å². The molecule has 1 saturated carbocycles. The van der Waals surface area contributed by atoms with E-state index in [1.54, 1.807) is 0 Å². The second-order valence-corrected chi connectivity index (χ2v) is 6.18. The number of rotatable bonds is 4. The molecule has 0 spiro atoms. The number of nitrogens with zero attached hydrogens (tertiary/aromatic N) is 1. The van der Waals surface area contributed by atoms with Crippen molar-refractivity contribution in [2.24, 2.45) is 5.92 Å². The third-order valence-corrected chi connectivity index (χ3v) is 4.54. The van der Waals surface area contributed by atoms with Crippen molar-refractivity contribution in [1.82, 2.24) is 10.2 Å². The van der Waals surface area contributed by atoms with E-state index in [1.807, 2.05) is 4.90 Å². The summed E-state index contributed by atoms with van der Waals surface area (Å²) in [5.41, 5.74) is -0.986. The third kappa shape index (κ3) is 4.37. The lowest BCUT2D eigenvalue weighted by Gasteiger charge is -2.36. The Balaban J connectivity index is 0.00000192. The van der Waals surface area contributed by atoms with Gasteiger partial charge in [0.2, 0.25) is 0 Å². The Morgan fingerprint density at radius 3 is 2.39 bits per heavy atom. The average molecular weight is 353 g/mol. The quantitative estimate of drug-likeness (QED) is 0.824. The molecule has 1 N–H and O–H groups in total. The minimum absolute atomic E-state index is 0. The Morgan fingerprint density at radius 2 is 1.83 bits per heavy atom. The molecule has 1 saturated heterocycles. The van der Waals surface area contributed by atoms with Crippen LogP contribution in [0.3, 0.4) is 0 Å². The zero-order chi connectivity index (χ0) is 15.7. The molecular weight excluding hydrogens is 332 g/mol. The molecule has 0 aromatic heterocycles. The first-order valence-electron chi connectivity index (χ1n) is 7.77. The predicted molar refractivity (Wildman–Crippen MR) is 83.2 cm³/mol. The summed E-state index contributed by atoms with van der Waals surface area (Å²) in [6.45, 7) is 2.78. The fraction of sp³-hybridized carbons (Fsp3) is 0.625. The zero-order valence-electron chi connectivity index (χ0n) is 12.7. The van der Waals surface area contributed by atoms with Gasteiger partial charge in [-0.1, -0.05) is 18.9 Å².